The fraction of sp³-hybridized carbons (Fsp3) is 1.00. The Morgan fingerprint density at radius 1 is 0.727 bits per heavy atom. The maximum absolute atomic E-state index is 12.0. The van der Waals surface area contributed by atoms with Gasteiger partial charge in [0.1, 0.15) is 6.10 Å². The summed E-state index contributed by atoms with van der Waals surface area (Å²) in [5, 5.41) is 9.89. The van der Waals surface area contributed by atoms with Crippen molar-refractivity contribution in [3.8, 4) is 0 Å². The lowest BCUT2D eigenvalue weighted by atomic mass is 10.0. The molecule has 0 spiro atoms. The van der Waals surface area contributed by atoms with E-state index in [1.54, 1.807) is 0 Å². The van der Waals surface area contributed by atoms with Gasteiger partial charge in [0.15, 0.2) is 0 Å². The third kappa shape index (κ3) is 26.5. The average Bonchev–Trinajstić information content (AvgIpc) is 2.75. The Bertz CT molecular complexity index is 470. The van der Waals surface area contributed by atoms with Gasteiger partial charge in [0.25, 0.3) is 0 Å². The van der Waals surface area contributed by atoms with E-state index in [0.29, 0.717) is 17.6 Å². The summed E-state index contributed by atoms with van der Waals surface area (Å²) < 4.78 is 23.1. The van der Waals surface area contributed by atoms with E-state index in [-0.39, 0.29) is 19.4 Å². The van der Waals surface area contributed by atoms with Crippen molar-refractivity contribution in [2.45, 2.75) is 116 Å². The highest BCUT2D eigenvalue weighted by Gasteiger charge is 2.24. The van der Waals surface area contributed by atoms with E-state index in [1.807, 2.05) is 21.1 Å². The van der Waals surface area contributed by atoms with Crippen molar-refractivity contribution in [2.75, 3.05) is 53.7 Å². The molecule has 7 heteroatoms. The van der Waals surface area contributed by atoms with Crippen LogP contribution in [0.5, 0.6) is 0 Å². The molecule has 0 aromatic heterocycles. The van der Waals surface area contributed by atoms with Gasteiger partial charge in [-0.3, -0.25) is 4.57 Å². The topological polar surface area (TPSA) is 76.0 Å². The van der Waals surface area contributed by atoms with Crippen molar-refractivity contribution in [2.24, 2.45) is 0 Å². The van der Waals surface area contributed by atoms with E-state index in [1.165, 1.54) is 89.9 Å². The summed E-state index contributed by atoms with van der Waals surface area (Å²) in [6.07, 6.45) is 20.7. The van der Waals surface area contributed by atoms with Crippen LogP contribution in [0.2, 0.25) is 0 Å². The van der Waals surface area contributed by atoms with Crippen molar-refractivity contribution >= 4 is 7.60 Å². The quantitative estimate of drug-likeness (QED) is 0.0857. The first-order valence-corrected chi connectivity index (χ1v) is 15.4. The highest BCUT2D eigenvalue weighted by Crippen LogP contribution is 2.41. The molecule has 0 amide bonds. The van der Waals surface area contributed by atoms with E-state index in [9.17, 15) is 14.6 Å². The minimum Gasteiger partial charge on any atom is -0.388 e. The summed E-state index contributed by atoms with van der Waals surface area (Å²) in [6.45, 7) is 3.42. The van der Waals surface area contributed by atoms with Crippen molar-refractivity contribution in [1.82, 2.24) is 0 Å². The Kier molecular flexibility index (Phi) is 21.3. The predicted molar refractivity (Wildman–Crippen MR) is 140 cm³/mol. The maximum atomic E-state index is 12.0. The Morgan fingerprint density at radius 3 is 1.58 bits per heavy atom. The van der Waals surface area contributed by atoms with Crippen LogP contribution in [0.4, 0.5) is 0 Å². The number of quaternary nitrogens is 1. The van der Waals surface area contributed by atoms with Crippen LogP contribution in [0.25, 0.3) is 0 Å². The van der Waals surface area contributed by atoms with Gasteiger partial charge in [0.2, 0.25) is 0 Å². The standard InChI is InChI=1S/C26H56NO5P/c1-5-6-7-8-9-10-11-12-13-14-15-16-17-18-19-20-22-31-24-26(28)25-32-33(29,30)23-21-27(2,3)4/h26,28H,5-25H2,1-4H3/p+1. The van der Waals surface area contributed by atoms with E-state index >= 15 is 0 Å². The van der Waals surface area contributed by atoms with Gasteiger partial charge < -0.3 is 23.7 Å². The molecule has 0 bridgehead atoms. The molecule has 0 aromatic carbocycles. The zero-order valence-electron chi connectivity index (χ0n) is 22.4. The first-order valence-electron chi connectivity index (χ1n) is 13.7. The number of rotatable bonds is 25. The normalized spacial score (nSPS) is 15.0. The van der Waals surface area contributed by atoms with Crippen LogP contribution in [0, 0.1) is 0 Å². The lowest BCUT2D eigenvalue weighted by molar-refractivity contribution is -0.867. The van der Waals surface area contributed by atoms with Crippen molar-refractivity contribution in [3.05, 3.63) is 0 Å². The van der Waals surface area contributed by atoms with E-state index in [0.717, 1.165) is 12.8 Å². The predicted octanol–water partition coefficient (Wildman–Crippen LogP) is 6.53. The zero-order chi connectivity index (χ0) is 24.8. The number of aliphatic hydroxyl groups excluding tert-OH is 1. The fourth-order valence-corrected chi connectivity index (χ4v) is 5.10. The monoisotopic (exact) mass is 494 g/mol. The summed E-state index contributed by atoms with van der Waals surface area (Å²) in [7, 11) is 2.23. The van der Waals surface area contributed by atoms with Crippen LogP contribution >= 0.6 is 7.60 Å². The van der Waals surface area contributed by atoms with Crippen LogP contribution in [-0.4, -0.2) is 74.3 Å². The maximum Gasteiger partial charge on any atom is 0.333 e. The molecule has 2 unspecified atom stereocenters. The molecule has 200 valence electrons. The van der Waals surface area contributed by atoms with E-state index < -0.39 is 13.7 Å². The number of unbranched alkanes of at least 4 members (excludes halogenated alkanes) is 15. The second-order valence-corrected chi connectivity index (χ2v) is 12.7. The van der Waals surface area contributed by atoms with Crippen molar-refractivity contribution < 1.29 is 28.3 Å². The molecule has 33 heavy (non-hydrogen) atoms. The summed E-state index contributed by atoms with van der Waals surface area (Å²) in [4.78, 5) is 9.83. The first kappa shape index (κ1) is 33.0. The van der Waals surface area contributed by atoms with Gasteiger partial charge in [-0.15, -0.1) is 0 Å². The largest absolute Gasteiger partial charge is 0.388 e. The molecule has 0 rings (SSSR count). The Labute approximate surface area is 205 Å². The molecule has 0 radical (unpaired) electrons. The second-order valence-electron chi connectivity index (χ2n) is 10.7. The Balaban J connectivity index is 3.35. The van der Waals surface area contributed by atoms with Gasteiger partial charge in [-0.1, -0.05) is 103 Å². The van der Waals surface area contributed by atoms with Crippen LogP contribution in [0.15, 0.2) is 0 Å². The molecule has 2 N–H and O–H groups in total. The molecule has 2 atom stereocenters. The van der Waals surface area contributed by atoms with Crippen LogP contribution in [-0.2, 0) is 13.8 Å². The molecule has 0 fully saturated rings. The molecule has 6 nitrogen and oxygen atoms in total. The van der Waals surface area contributed by atoms with Crippen LogP contribution in [0.1, 0.15) is 110 Å². The minimum atomic E-state index is -3.65. The molecule has 0 heterocycles. The summed E-state index contributed by atoms with van der Waals surface area (Å²) in [5.74, 6) is 0. The number of nitrogens with zero attached hydrogens (tertiary/aromatic N) is 1. The highest BCUT2D eigenvalue weighted by atomic mass is 31.2. The summed E-state index contributed by atoms with van der Waals surface area (Å²) in [6, 6.07) is 0. The highest BCUT2D eigenvalue weighted by molar-refractivity contribution is 7.52. The lowest BCUT2D eigenvalue weighted by Crippen LogP contribution is -2.37. The van der Waals surface area contributed by atoms with Gasteiger partial charge >= 0.3 is 7.60 Å². The fourth-order valence-electron chi connectivity index (χ4n) is 3.71. The van der Waals surface area contributed by atoms with E-state index in [2.05, 4.69) is 6.92 Å². The molecule has 0 saturated carbocycles. The molecule has 0 aliphatic carbocycles. The van der Waals surface area contributed by atoms with Gasteiger partial charge in [-0.05, 0) is 6.42 Å². The van der Waals surface area contributed by atoms with Gasteiger partial charge in [0, 0.05) is 6.61 Å². The van der Waals surface area contributed by atoms with Crippen molar-refractivity contribution in [1.29, 1.82) is 0 Å². The van der Waals surface area contributed by atoms with Crippen molar-refractivity contribution in [3.63, 3.8) is 0 Å². The molecule has 0 aliphatic heterocycles. The molecular formula is C26H57NO5P+. The van der Waals surface area contributed by atoms with Crippen LogP contribution in [0.3, 0.4) is 0 Å². The molecule has 0 saturated heterocycles. The lowest BCUT2D eigenvalue weighted by Gasteiger charge is -2.25. The average molecular weight is 495 g/mol. The van der Waals surface area contributed by atoms with Gasteiger partial charge in [-0.2, -0.15) is 0 Å². The molecule has 0 aromatic rings. The Hall–Kier alpha value is 0.0300. The number of aliphatic hydroxyl groups is 1. The first-order chi connectivity index (χ1) is 15.7. The third-order valence-electron chi connectivity index (χ3n) is 5.97. The molecular weight excluding hydrogens is 437 g/mol. The summed E-state index contributed by atoms with van der Waals surface area (Å²) >= 11 is 0. The third-order valence-corrected chi connectivity index (χ3v) is 7.29. The van der Waals surface area contributed by atoms with Crippen LogP contribution < -0.4 is 0 Å². The minimum absolute atomic E-state index is 0.0866. The number of ether oxygens (including phenoxy) is 1. The second kappa shape index (κ2) is 21.3. The Morgan fingerprint density at radius 2 is 1.15 bits per heavy atom. The number of hydrogen-bond acceptors (Lipinski definition) is 4. The smallest absolute Gasteiger partial charge is 0.333 e. The van der Waals surface area contributed by atoms with Gasteiger partial charge in [0.05, 0.1) is 47.1 Å². The van der Waals surface area contributed by atoms with Gasteiger partial charge in [-0.25, -0.2) is 0 Å². The van der Waals surface area contributed by atoms with E-state index in [4.69, 9.17) is 9.26 Å². The molecule has 0 aliphatic rings. The summed E-state index contributed by atoms with van der Waals surface area (Å²) in [5.41, 5.74) is 0. The zero-order valence-corrected chi connectivity index (χ0v) is 23.3. The SMILES string of the molecule is CCCCCCCCCCCCCCCCCCOCC(O)COP(=O)(O)CC[N+](C)(C)C. The number of hydrogen-bond donors (Lipinski definition) is 2.